The predicted molar refractivity (Wildman–Crippen MR) is 118 cm³/mol. The molecule has 0 saturated carbocycles. The molecule has 4 aromatic rings. The fourth-order valence-electron chi connectivity index (χ4n) is 3.07. The molecule has 0 aliphatic carbocycles. The van der Waals surface area contributed by atoms with Crippen molar-refractivity contribution in [1.29, 1.82) is 0 Å². The summed E-state index contributed by atoms with van der Waals surface area (Å²) in [6, 6.07) is 26.5. The van der Waals surface area contributed by atoms with E-state index in [1.165, 1.54) is 0 Å². The fraction of sp³-hybridized carbons (Fsp3) is 0.0417. The van der Waals surface area contributed by atoms with Gasteiger partial charge in [-0.2, -0.15) is 5.10 Å². The molecule has 5 heteroatoms. The Balaban J connectivity index is 1.72. The average Bonchev–Trinajstić information content (AvgIpc) is 2.77. The lowest BCUT2D eigenvalue weighted by atomic mass is 10.0. The molecule has 0 radical (unpaired) electrons. The van der Waals surface area contributed by atoms with Gasteiger partial charge in [0.1, 0.15) is 0 Å². The van der Waals surface area contributed by atoms with Crippen LogP contribution in [0.5, 0.6) is 0 Å². The van der Waals surface area contributed by atoms with Crippen LogP contribution in [0.1, 0.15) is 22.8 Å². The van der Waals surface area contributed by atoms with Crippen LogP contribution in [0, 0.1) is 0 Å². The summed E-state index contributed by atoms with van der Waals surface area (Å²) in [6.07, 6.45) is 0. The van der Waals surface area contributed by atoms with Crippen molar-refractivity contribution in [3.63, 3.8) is 0 Å². The average molecular weight is 400 g/mol. The van der Waals surface area contributed by atoms with Gasteiger partial charge < -0.3 is 0 Å². The Bertz CT molecular complexity index is 1200. The zero-order valence-corrected chi connectivity index (χ0v) is 16.5. The number of pyridine rings is 1. The lowest BCUT2D eigenvalue weighted by Gasteiger charge is -2.09. The first-order chi connectivity index (χ1) is 14.1. The number of hydrogen-bond donors (Lipinski definition) is 1. The van der Waals surface area contributed by atoms with E-state index in [4.69, 9.17) is 16.6 Å². The fourth-order valence-corrected chi connectivity index (χ4v) is 3.20. The highest BCUT2D eigenvalue weighted by atomic mass is 35.5. The monoisotopic (exact) mass is 399 g/mol. The van der Waals surface area contributed by atoms with Gasteiger partial charge in [-0.1, -0.05) is 72.3 Å². The van der Waals surface area contributed by atoms with Gasteiger partial charge in [0, 0.05) is 16.0 Å². The minimum Gasteiger partial charge on any atom is -0.267 e. The molecule has 3 aromatic carbocycles. The van der Waals surface area contributed by atoms with Crippen molar-refractivity contribution in [3.8, 4) is 11.3 Å². The molecule has 0 aliphatic rings. The molecule has 1 heterocycles. The SMILES string of the molecule is C/C(=N\NC(=O)c1cc(-c2ccc(Cl)cc2)nc2ccccc12)c1ccccc1. The smallest absolute Gasteiger partial charge is 0.267 e. The third-order valence-electron chi connectivity index (χ3n) is 4.62. The van der Waals surface area contributed by atoms with Crippen LogP contribution in [0.15, 0.2) is 90.0 Å². The molecule has 29 heavy (non-hydrogen) atoms. The summed E-state index contributed by atoms with van der Waals surface area (Å²) in [7, 11) is 0. The maximum atomic E-state index is 13.0. The van der Waals surface area contributed by atoms with E-state index in [1.54, 1.807) is 18.2 Å². The molecule has 0 spiro atoms. The quantitative estimate of drug-likeness (QED) is 0.353. The number of halogens is 1. The molecule has 1 amide bonds. The number of nitrogens with one attached hydrogen (secondary N) is 1. The lowest BCUT2D eigenvalue weighted by molar-refractivity contribution is 0.0956. The van der Waals surface area contributed by atoms with Crippen LogP contribution < -0.4 is 5.43 Å². The molecule has 0 unspecified atom stereocenters. The summed E-state index contributed by atoms with van der Waals surface area (Å²) in [5.41, 5.74) is 7.22. The van der Waals surface area contributed by atoms with Crippen LogP contribution in [0.25, 0.3) is 22.2 Å². The summed E-state index contributed by atoms with van der Waals surface area (Å²) in [6.45, 7) is 1.86. The first-order valence-electron chi connectivity index (χ1n) is 9.17. The van der Waals surface area contributed by atoms with Gasteiger partial charge in [-0.3, -0.25) is 4.79 Å². The van der Waals surface area contributed by atoms with Gasteiger partial charge in [0.05, 0.1) is 22.5 Å². The van der Waals surface area contributed by atoms with Crippen molar-refractivity contribution < 1.29 is 4.79 Å². The Morgan fingerprint density at radius 3 is 2.38 bits per heavy atom. The number of fused-ring (bicyclic) bond motifs is 1. The number of para-hydroxylation sites is 1. The van der Waals surface area contributed by atoms with Gasteiger partial charge in [0.15, 0.2) is 0 Å². The summed E-state index contributed by atoms with van der Waals surface area (Å²) in [5.74, 6) is -0.283. The molecule has 4 nitrogen and oxygen atoms in total. The second-order valence-corrected chi connectivity index (χ2v) is 7.02. The molecule has 4 rings (SSSR count). The summed E-state index contributed by atoms with van der Waals surface area (Å²) >= 11 is 6.00. The molecule has 0 aliphatic heterocycles. The van der Waals surface area contributed by atoms with Crippen LogP contribution in [0.2, 0.25) is 5.02 Å². The van der Waals surface area contributed by atoms with E-state index < -0.39 is 0 Å². The molecule has 142 valence electrons. The van der Waals surface area contributed by atoms with E-state index in [2.05, 4.69) is 10.5 Å². The Morgan fingerprint density at radius 2 is 1.62 bits per heavy atom. The minimum atomic E-state index is -0.283. The van der Waals surface area contributed by atoms with Crippen molar-refractivity contribution in [2.75, 3.05) is 0 Å². The standard InChI is InChI=1S/C24H18ClN3O/c1-16(17-7-3-2-4-8-17)27-28-24(29)21-15-23(18-11-13-19(25)14-12-18)26-22-10-6-5-9-20(21)22/h2-15H,1H3,(H,28,29)/b27-16+. The van der Waals surface area contributed by atoms with Gasteiger partial charge in [0.25, 0.3) is 5.91 Å². The number of aromatic nitrogens is 1. The summed E-state index contributed by atoms with van der Waals surface area (Å²) in [5, 5.41) is 5.70. The Hall–Kier alpha value is -3.50. The number of rotatable bonds is 4. The highest BCUT2D eigenvalue weighted by Gasteiger charge is 2.14. The van der Waals surface area contributed by atoms with Crippen LogP contribution in [-0.2, 0) is 0 Å². The number of carbonyl (C=O) groups excluding carboxylic acids is 1. The normalized spacial score (nSPS) is 11.4. The number of hydrazone groups is 1. The van der Waals surface area contributed by atoms with Crippen molar-refractivity contribution in [2.45, 2.75) is 6.92 Å². The summed E-state index contributed by atoms with van der Waals surface area (Å²) < 4.78 is 0. The van der Waals surface area contributed by atoms with Gasteiger partial charge in [-0.15, -0.1) is 0 Å². The minimum absolute atomic E-state index is 0.283. The number of hydrogen-bond acceptors (Lipinski definition) is 3. The zero-order chi connectivity index (χ0) is 20.2. The van der Waals surface area contributed by atoms with E-state index in [-0.39, 0.29) is 5.91 Å². The van der Waals surface area contributed by atoms with E-state index in [0.29, 0.717) is 16.3 Å². The van der Waals surface area contributed by atoms with Crippen molar-refractivity contribution in [1.82, 2.24) is 10.4 Å². The topological polar surface area (TPSA) is 54.4 Å². The van der Waals surface area contributed by atoms with Crippen molar-refractivity contribution in [2.24, 2.45) is 5.10 Å². The molecule has 1 N–H and O–H groups in total. The first-order valence-corrected chi connectivity index (χ1v) is 9.55. The summed E-state index contributed by atoms with van der Waals surface area (Å²) in [4.78, 5) is 17.7. The van der Waals surface area contributed by atoms with E-state index in [0.717, 1.165) is 27.7 Å². The molecule has 1 aromatic heterocycles. The number of benzene rings is 3. The maximum Gasteiger partial charge on any atom is 0.272 e. The van der Waals surface area contributed by atoms with Crippen LogP contribution in [0.3, 0.4) is 0 Å². The number of carbonyl (C=O) groups is 1. The van der Waals surface area contributed by atoms with Gasteiger partial charge in [-0.05, 0) is 36.8 Å². The van der Waals surface area contributed by atoms with Crippen LogP contribution in [0.4, 0.5) is 0 Å². The maximum absolute atomic E-state index is 13.0. The van der Waals surface area contributed by atoms with Gasteiger partial charge in [-0.25, -0.2) is 10.4 Å². The highest BCUT2D eigenvalue weighted by Crippen LogP contribution is 2.26. The van der Waals surface area contributed by atoms with Gasteiger partial charge in [0.2, 0.25) is 0 Å². The first kappa shape index (κ1) is 18.8. The van der Waals surface area contributed by atoms with Crippen LogP contribution in [-0.4, -0.2) is 16.6 Å². The highest BCUT2D eigenvalue weighted by molar-refractivity contribution is 6.30. The second kappa shape index (κ2) is 8.25. The zero-order valence-electron chi connectivity index (χ0n) is 15.8. The van der Waals surface area contributed by atoms with Gasteiger partial charge >= 0.3 is 0 Å². The molecule has 0 saturated heterocycles. The molecule has 0 fully saturated rings. The lowest BCUT2D eigenvalue weighted by Crippen LogP contribution is -2.20. The van der Waals surface area contributed by atoms with Crippen molar-refractivity contribution in [3.05, 3.63) is 101 Å². The van der Waals surface area contributed by atoms with E-state index in [1.807, 2.05) is 73.7 Å². The molecular formula is C24H18ClN3O. The Labute approximate surface area is 173 Å². The van der Waals surface area contributed by atoms with Crippen molar-refractivity contribution >= 4 is 34.1 Å². The predicted octanol–water partition coefficient (Wildman–Crippen LogP) is 5.71. The number of amides is 1. The van der Waals surface area contributed by atoms with Crippen LogP contribution >= 0.6 is 11.6 Å². The third-order valence-corrected chi connectivity index (χ3v) is 4.87. The largest absolute Gasteiger partial charge is 0.272 e. The van der Waals surface area contributed by atoms with E-state index >= 15 is 0 Å². The third kappa shape index (κ3) is 4.18. The molecular weight excluding hydrogens is 382 g/mol. The second-order valence-electron chi connectivity index (χ2n) is 6.58. The van der Waals surface area contributed by atoms with E-state index in [9.17, 15) is 4.79 Å². The molecule has 0 atom stereocenters. The Kier molecular flexibility index (Phi) is 5.36. The number of nitrogens with zero attached hydrogens (tertiary/aromatic N) is 2. The Morgan fingerprint density at radius 1 is 0.931 bits per heavy atom. The molecule has 0 bridgehead atoms.